The second kappa shape index (κ2) is 8.02. The van der Waals surface area contributed by atoms with Crippen molar-refractivity contribution < 1.29 is 24.2 Å². The van der Waals surface area contributed by atoms with Gasteiger partial charge in [-0.15, -0.1) is 0 Å². The molecule has 0 fully saturated rings. The topological polar surface area (TPSA) is 72.8 Å². The summed E-state index contributed by atoms with van der Waals surface area (Å²) >= 11 is 0. The molecule has 1 aromatic rings. The summed E-state index contributed by atoms with van der Waals surface area (Å²) in [6, 6.07) is 6.94. The maximum atomic E-state index is 12.1. The fourth-order valence-electron chi connectivity index (χ4n) is 1.95. The van der Waals surface area contributed by atoms with Crippen molar-refractivity contribution in [3.8, 4) is 5.75 Å². The van der Waals surface area contributed by atoms with Gasteiger partial charge in [0.2, 0.25) is 0 Å². The Bertz CT molecular complexity index is 604. The van der Waals surface area contributed by atoms with Crippen LogP contribution in [-0.4, -0.2) is 30.6 Å². The third-order valence-corrected chi connectivity index (χ3v) is 2.91. The molecule has 0 aliphatic heterocycles. The molecule has 0 radical (unpaired) electrons. The minimum atomic E-state index is -0.656. The van der Waals surface area contributed by atoms with E-state index >= 15 is 0 Å². The van der Waals surface area contributed by atoms with Gasteiger partial charge in [-0.05, 0) is 44.5 Å². The van der Waals surface area contributed by atoms with E-state index < -0.39 is 11.8 Å². The molecule has 0 aromatic heterocycles. The molecule has 0 bridgehead atoms. The highest BCUT2D eigenvalue weighted by Crippen LogP contribution is 2.21. The molecular formula is C17H20O5. The van der Waals surface area contributed by atoms with Gasteiger partial charge in [0.1, 0.15) is 11.5 Å². The Morgan fingerprint density at radius 3 is 2.18 bits per heavy atom. The number of rotatable bonds is 6. The second-order valence-corrected chi connectivity index (χ2v) is 4.57. The quantitative estimate of drug-likeness (QED) is 0.378. The van der Waals surface area contributed by atoms with Gasteiger partial charge >= 0.3 is 5.97 Å². The van der Waals surface area contributed by atoms with E-state index in [1.54, 1.807) is 38.3 Å². The molecule has 1 rings (SSSR count). The van der Waals surface area contributed by atoms with Gasteiger partial charge in [-0.3, -0.25) is 4.79 Å². The second-order valence-electron chi connectivity index (χ2n) is 4.57. The number of hydrogen-bond donors (Lipinski definition) is 1. The van der Waals surface area contributed by atoms with Crippen LogP contribution in [0.5, 0.6) is 5.75 Å². The normalized spacial score (nSPS) is 12.5. The minimum Gasteiger partial charge on any atom is -0.512 e. The number of methoxy groups -OCH3 is 1. The van der Waals surface area contributed by atoms with Gasteiger partial charge in [0.05, 0.1) is 24.9 Å². The number of allylic oxidation sites excluding steroid dienone is 1. The molecule has 0 aliphatic rings. The minimum absolute atomic E-state index is 0.0273. The van der Waals surface area contributed by atoms with Crippen LogP contribution in [0.3, 0.4) is 0 Å². The van der Waals surface area contributed by atoms with E-state index in [1.807, 2.05) is 0 Å². The third-order valence-electron chi connectivity index (χ3n) is 2.91. The molecule has 118 valence electrons. The molecular weight excluding hydrogens is 284 g/mol. The molecule has 0 heterocycles. The van der Waals surface area contributed by atoms with E-state index in [4.69, 9.17) is 9.47 Å². The molecule has 0 saturated carbocycles. The Morgan fingerprint density at radius 1 is 1.18 bits per heavy atom. The van der Waals surface area contributed by atoms with Crippen molar-refractivity contribution in [2.75, 3.05) is 13.7 Å². The van der Waals surface area contributed by atoms with E-state index in [-0.39, 0.29) is 23.5 Å². The van der Waals surface area contributed by atoms with Crippen molar-refractivity contribution in [2.24, 2.45) is 0 Å². The Hall–Kier alpha value is -2.56. The van der Waals surface area contributed by atoms with Gasteiger partial charge in [-0.2, -0.15) is 0 Å². The molecule has 5 heteroatoms. The molecule has 0 atom stereocenters. The molecule has 1 N–H and O–H groups in total. The number of hydrogen-bond acceptors (Lipinski definition) is 5. The van der Waals surface area contributed by atoms with E-state index in [0.29, 0.717) is 11.3 Å². The van der Waals surface area contributed by atoms with Gasteiger partial charge in [0.15, 0.2) is 5.78 Å². The standard InChI is InChI=1S/C17H20O5/c1-5-22-17(20)15(16(11(2)18)12(3)19)10-13-6-8-14(21-4)9-7-13/h6-10,18H,5H2,1-4H3/b15-10+,16-11+. The summed E-state index contributed by atoms with van der Waals surface area (Å²) < 4.78 is 10.0. The highest BCUT2D eigenvalue weighted by Gasteiger charge is 2.22. The van der Waals surface area contributed by atoms with Gasteiger partial charge < -0.3 is 14.6 Å². The predicted octanol–water partition coefficient (Wildman–Crippen LogP) is 3.06. The summed E-state index contributed by atoms with van der Waals surface area (Å²) in [6.45, 7) is 4.49. The first-order chi connectivity index (χ1) is 10.4. The average Bonchev–Trinajstić information content (AvgIpc) is 2.46. The maximum Gasteiger partial charge on any atom is 0.339 e. The molecule has 0 saturated heterocycles. The molecule has 0 amide bonds. The summed E-state index contributed by atoms with van der Waals surface area (Å²) in [7, 11) is 1.56. The van der Waals surface area contributed by atoms with Crippen LogP contribution in [0, 0.1) is 0 Å². The lowest BCUT2D eigenvalue weighted by Gasteiger charge is -2.10. The first kappa shape index (κ1) is 17.5. The number of ether oxygens (including phenoxy) is 2. The Labute approximate surface area is 129 Å². The molecule has 5 nitrogen and oxygen atoms in total. The monoisotopic (exact) mass is 304 g/mol. The fraction of sp³-hybridized carbons (Fsp3) is 0.294. The van der Waals surface area contributed by atoms with Crippen LogP contribution in [0.15, 0.2) is 41.2 Å². The first-order valence-electron chi connectivity index (χ1n) is 6.84. The zero-order valence-electron chi connectivity index (χ0n) is 13.2. The summed E-state index contributed by atoms with van der Waals surface area (Å²) in [4.78, 5) is 23.8. The lowest BCUT2D eigenvalue weighted by atomic mass is 9.98. The third kappa shape index (κ3) is 4.48. The smallest absolute Gasteiger partial charge is 0.339 e. The molecule has 0 spiro atoms. The first-order valence-corrected chi connectivity index (χ1v) is 6.84. The van der Waals surface area contributed by atoms with Crippen LogP contribution < -0.4 is 4.74 Å². The van der Waals surface area contributed by atoms with Gasteiger partial charge in [-0.25, -0.2) is 4.79 Å². The van der Waals surface area contributed by atoms with Crippen LogP contribution in [0.4, 0.5) is 0 Å². The van der Waals surface area contributed by atoms with E-state index in [0.717, 1.165) is 0 Å². The van der Waals surface area contributed by atoms with Crippen LogP contribution in [0.1, 0.15) is 26.3 Å². The highest BCUT2D eigenvalue weighted by atomic mass is 16.5. The van der Waals surface area contributed by atoms with Gasteiger partial charge in [0.25, 0.3) is 0 Å². The van der Waals surface area contributed by atoms with Gasteiger partial charge in [0, 0.05) is 0 Å². The predicted molar refractivity (Wildman–Crippen MR) is 83.6 cm³/mol. The number of esters is 1. The molecule has 1 aromatic carbocycles. The van der Waals surface area contributed by atoms with Crippen molar-refractivity contribution in [1.29, 1.82) is 0 Å². The molecule has 0 unspecified atom stereocenters. The number of benzene rings is 1. The number of aliphatic hydroxyl groups excluding tert-OH is 1. The summed E-state index contributed by atoms with van der Waals surface area (Å²) in [5, 5.41) is 9.72. The number of aliphatic hydroxyl groups is 1. The van der Waals surface area contributed by atoms with E-state index in [9.17, 15) is 14.7 Å². The van der Waals surface area contributed by atoms with Crippen LogP contribution in [0.25, 0.3) is 6.08 Å². The highest BCUT2D eigenvalue weighted by molar-refractivity contribution is 6.12. The van der Waals surface area contributed by atoms with E-state index in [2.05, 4.69) is 0 Å². The molecule has 22 heavy (non-hydrogen) atoms. The average molecular weight is 304 g/mol. The fourth-order valence-corrected chi connectivity index (χ4v) is 1.95. The van der Waals surface area contributed by atoms with Gasteiger partial charge in [-0.1, -0.05) is 12.1 Å². The number of Topliss-reactive ketones (excluding diaryl/α,β-unsaturated/α-hetero) is 1. The zero-order valence-corrected chi connectivity index (χ0v) is 13.2. The van der Waals surface area contributed by atoms with Crippen molar-refractivity contribution in [1.82, 2.24) is 0 Å². The Balaban J connectivity index is 3.36. The zero-order chi connectivity index (χ0) is 16.7. The van der Waals surface area contributed by atoms with Crippen LogP contribution in [0.2, 0.25) is 0 Å². The largest absolute Gasteiger partial charge is 0.512 e. The summed E-state index contributed by atoms with van der Waals surface area (Å²) in [5.74, 6) is -0.611. The maximum absolute atomic E-state index is 12.1. The van der Waals surface area contributed by atoms with Crippen LogP contribution in [-0.2, 0) is 14.3 Å². The van der Waals surface area contributed by atoms with Crippen molar-refractivity contribution >= 4 is 17.8 Å². The van der Waals surface area contributed by atoms with Crippen molar-refractivity contribution in [3.63, 3.8) is 0 Å². The SMILES string of the molecule is CCOC(=O)C(=C/c1ccc(OC)cc1)/C(C(C)=O)=C(\C)O. The molecule has 0 aliphatic carbocycles. The lowest BCUT2D eigenvalue weighted by molar-refractivity contribution is -0.138. The Morgan fingerprint density at radius 2 is 1.77 bits per heavy atom. The number of ketones is 1. The Kier molecular flexibility index (Phi) is 6.38. The summed E-state index contributed by atoms with van der Waals surface area (Å²) in [6.07, 6.45) is 1.51. The lowest BCUT2D eigenvalue weighted by Crippen LogP contribution is -2.15. The number of carbonyl (C=O) groups excluding carboxylic acids is 2. The van der Waals surface area contributed by atoms with E-state index in [1.165, 1.54) is 19.9 Å². The van der Waals surface area contributed by atoms with Crippen molar-refractivity contribution in [3.05, 3.63) is 46.7 Å². The van der Waals surface area contributed by atoms with Crippen LogP contribution >= 0.6 is 0 Å². The van der Waals surface area contributed by atoms with Crippen molar-refractivity contribution in [2.45, 2.75) is 20.8 Å². The number of carbonyl (C=O) groups is 2. The summed E-state index contributed by atoms with van der Waals surface area (Å²) in [5.41, 5.74) is 0.664.